The Labute approximate surface area is 207 Å². The normalized spacial score (nSPS) is 35.2. The van der Waals surface area contributed by atoms with Crippen molar-refractivity contribution in [2.45, 2.75) is 82.6 Å². The predicted octanol–water partition coefficient (Wildman–Crippen LogP) is 1.94. The second kappa shape index (κ2) is 9.04. The average molecular weight is 507 g/mol. The molecule has 4 rings (SSSR count). The Bertz CT molecular complexity index is 1120. The Hall–Kier alpha value is -3.18. The lowest BCUT2D eigenvalue weighted by molar-refractivity contribution is -0.177. The lowest BCUT2D eigenvalue weighted by Gasteiger charge is -2.32. The zero-order valence-corrected chi connectivity index (χ0v) is 20.8. The number of ether oxygens (including phenoxy) is 5. The Kier molecular flexibility index (Phi) is 6.50. The number of carbonyl (C=O) groups excluding carboxylic acids is 4. The molecule has 36 heavy (non-hydrogen) atoms. The summed E-state index contributed by atoms with van der Waals surface area (Å²) >= 11 is 0. The van der Waals surface area contributed by atoms with E-state index in [0.717, 1.165) is 0 Å². The van der Waals surface area contributed by atoms with Crippen LogP contribution in [0.2, 0.25) is 0 Å². The first kappa shape index (κ1) is 25.9. The first-order chi connectivity index (χ1) is 16.8. The molecule has 0 radical (unpaired) electrons. The van der Waals surface area contributed by atoms with E-state index in [2.05, 4.69) is 6.58 Å². The van der Waals surface area contributed by atoms with Crippen molar-refractivity contribution in [1.82, 2.24) is 0 Å². The first-order valence-electron chi connectivity index (χ1n) is 11.6. The van der Waals surface area contributed by atoms with Crippen LogP contribution in [0.25, 0.3) is 0 Å². The molecule has 7 atom stereocenters. The van der Waals surface area contributed by atoms with Crippen LogP contribution in [0, 0.1) is 5.92 Å². The van der Waals surface area contributed by atoms with Crippen LogP contribution in [0.1, 0.15) is 68.5 Å². The number of furan rings is 1. The molecule has 0 spiro atoms. The molecule has 0 unspecified atom stereocenters. The topological polar surface area (TPSA) is 151 Å². The number of methoxy groups -OCH3 is 1. The van der Waals surface area contributed by atoms with Gasteiger partial charge < -0.3 is 33.2 Å². The molecular formula is C25H30O11. The number of aliphatic hydroxyl groups is 1. The molecule has 3 aliphatic heterocycles. The maximum Gasteiger partial charge on any atom is 0.345 e. The number of fused-ring (bicyclic) bond motifs is 2. The number of hydrogen-bond acceptors (Lipinski definition) is 11. The zero-order valence-electron chi connectivity index (χ0n) is 20.8. The van der Waals surface area contributed by atoms with E-state index in [1.54, 1.807) is 6.92 Å². The number of carbonyl (C=O) groups is 4. The monoisotopic (exact) mass is 506 g/mol. The van der Waals surface area contributed by atoms with Crippen LogP contribution in [-0.2, 0) is 44.5 Å². The molecule has 2 fully saturated rings. The highest BCUT2D eigenvalue weighted by atomic mass is 16.7. The van der Waals surface area contributed by atoms with Gasteiger partial charge in [-0.3, -0.25) is 9.59 Å². The fraction of sp³-hybridized carbons (Fsp3) is 0.600. The van der Waals surface area contributed by atoms with Gasteiger partial charge in [-0.25, -0.2) is 9.59 Å². The standard InChI is InChI=1S/C25H30O11/c1-11(2)14-7-16-15(22(28)31-6)9-17(34-16)20(33-13(4)27)24(5,30)10-18-21-25(36-21,23(29)35-18)19(8-14)32-12(3)26/h9,14,18-21,30H,1,7-8,10H2,2-6H3/t14-,18-,19+,20+,21-,24-,25-/m0/s1. The molecule has 0 aromatic carbocycles. The molecule has 0 saturated carbocycles. The van der Waals surface area contributed by atoms with Crippen molar-refractivity contribution in [2.24, 2.45) is 5.92 Å². The van der Waals surface area contributed by atoms with E-state index < -0.39 is 65.4 Å². The molecule has 1 N–H and O–H groups in total. The van der Waals surface area contributed by atoms with Crippen molar-refractivity contribution in [1.29, 1.82) is 0 Å². The average Bonchev–Trinajstić information content (AvgIpc) is 3.32. The third-order valence-corrected chi connectivity index (χ3v) is 6.97. The summed E-state index contributed by atoms with van der Waals surface area (Å²) in [7, 11) is 1.22. The molecule has 0 amide bonds. The van der Waals surface area contributed by atoms with Crippen molar-refractivity contribution >= 4 is 23.9 Å². The summed E-state index contributed by atoms with van der Waals surface area (Å²) in [4.78, 5) is 49.5. The highest BCUT2D eigenvalue weighted by molar-refractivity contribution is 5.91. The smallest absolute Gasteiger partial charge is 0.345 e. The van der Waals surface area contributed by atoms with E-state index in [4.69, 9.17) is 28.1 Å². The van der Waals surface area contributed by atoms with Crippen LogP contribution in [0.15, 0.2) is 22.6 Å². The van der Waals surface area contributed by atoms with Crippen LogP contribution >= 0.6 is 0 Å². The van der Waals surface area contributed by atoms with E-state index in [1.807, 2.05) is 0 Å². The Morgan fingerprint density at radius 2 is 1.83 bits per heavy atom. The number of allylic oxidation sites excluding steroid dienone is 1. The van der Waals surface area contributed by atoms with E-state index in [9.17, 15) is 24.3 Å². The minimum atomic E-state index is -1.81. The van der Waals surface area contributed by atoms with Gasteiger partial charge in [0.05, 0.1) is 7.11 Å². The van der Waals surface area contributed by atoms with Gasteiger partial charge in [0.2, 0.25) is 5.60 Å². The summed E-state index contributed by atoms with van der Waals surface area (Å²) in [5.74, 6) is -2.89. The van der Waals surface area contributed by atoms with Crippen molar-refractivity contribution < 1.29 is 52.4 Å². The zero-order chi connectivity index (χ0) is 26.6. The summed E-state index contributed by atoms with van der Waals surface area (Å²) in [6.45, 7) is 9.59. The summed E-state index contributed by atoms with van der Waals surface area (Å²) in [5, 5.41) is 11.5. The van der Waals surface area contributed by atoms with Crippen LogP contribution in [0.3, 0.4) is 0 Å². The van der Waals surface area contributed by atoms with Crippen molar-refractivity contribution in [3.8, 4) is 0 Å². The third-order valence-electron chi connectivity index (χ3n) is 6.97. The maximum atomic E-state index is 13.0. The second-order valence-corrected chi connectivity index (χ2v) is 9.88. The van der Waals surface area contributed by atoms with Gasteiger partial charge in [0, 0.05) is 26.7 Å². The van der Waals surface area contributed by atoms with Gasteiger partial charge in [0.15, 0.2) is 6.10 Å². The molecule has 4 bridgehead atoms. The van der Waals surface area contributed by atoms with Crippen molar-refractivity contribution in [3.05, 3.63) is 35.3 Å². The number of hydrogen-bond donors (Lipinski definition) is 1. The van der Waals surface area contributed by atoms with Crippen LogP contribution in [0.5, 0.6) is 0 Å². The predicted molar refractivity (Wildman–Crippen MR) is 119 cm³/mol. The number of rotatable bonds is 4. The largest absolute Gasteiger partial charge is 0.465 e. The minimum absolute atomic E-state index is 0.0224. The Morgan fingerprint density at radius 3 is 2.39 bits per heavy atom. The summed E-state index contributed by atoms with van der Waals surface area (Å²) < 4.78 is 33.3. The molecular weight excluding hydrogens is 476 g/mol. The summed E-state index contributed by atoms with van der Waals surface area (Å²) in [6.07, 6.45) is -3.98. The van der Waals surface area contributed by atoms with Gasteiger partial charge in [-0.05, 0) is 32.3 Å². The highest BCUT2D eigenvalue weighted by Crippen LogP contribution is 2.54. The molecule has 1 aromatic rings. The highest BCUT2D eigenvalue weighted by Gasteiger charge is 2.78. The van der Waals surface area contributed by atoms with Crippen LogP contribution in [0.4, 0.5) is 0 Å². The second-order valence-electron chi connectivity index (χ2n) is 9.88. The SMILES string of the molecule is C=C(C)[C@H]1Cc2oc(cc2C(=O)OC)[C@@H](OC(C)=O)[C@@](C)(O)C[C@@H]2OC(=O)[C@]3(O[C@@H]23)[C@H](OC(C)=O)C1. The van der Waals surface area contributed by atoms with Crippen LogP contribution < -0.4 is 0 Å². The van der Waals surface area contributed by atoms with Crippen molar-refractivity contribution in [2.75, 3.05) is 7.11 Å². The lowest BCUT2D eigenvalue weighted by atomic mass is 9.82. The van der Waals surface area contributed by atoms with E-state index in [0.29, 0.717) is 5.57 Å². The van der Waals surface area contributed by atoms with Gasteiger partial charge >= 0.3 is 23.9 Å². The first-order valence-corrected chi connectivity index (χ1v) is 11.6. The molecule has 4 heterocycles. The fourth-order valence-electron chi connectivity index (χ4n) is 5.16. The van der Waals surface area contributed by atoms with E-state index >= 15 is 0 Å². The van der Waals surface area contributed by atoms with Gasteiger partial charge in [-0.15, -0.1) is 0 Å². The van der Waals surface area contributed by atoms with Gasteiger partial charge in [-0.1, -0.05) is 12.2 Å². The molecule has 196 valence electrons. The molecule has 11 nitrogen and oxygen atoms in total. The summed E-state index contributed by atoms with van der Waals surface area (Å²) in [6, 6.07) is 1.37. The van der Waals surface area contributed by atoms with Gasteiger partial charge in [0.25, 0.3) is 0 Å². The van der Waals surface area contributed by atoms with Crippen LogP contribution in [-0.4, -0.2) is 65.6 Å². The molecule has 3 aliphatic rings. The molecule has 1 aromatic heterocycles. The third kappa shape index (κ3) is 4.41. The fourth-order valence-corrected chi connectivity index (χ4v) is 5.16. The molecule has 2 saturated heterocycles. The number of esters is 4. The Morgan fingerprint density at radius 1 is 1.17 bits per heavy atom. The Balaban J connectivity index is 1.86. The lowest BCUT2D eigenvalue weighted by Crippen LogP contribution is -2.42. The van der Waals surface area contributed by atoms with Crippen molar-refractivity contribution in [3.63, 3.8) is 0 Å². The minimum Gasteiger partial charge on any atom is -0.465 e. The summed E-state index contributed by atoms with van der Waals surface area (Å²) in [5.41, 5.74) is -2.57. The molecule has 0 aliphatic carbocycles. The van der Waals surface area contributed by atoms with E-state index in [1.165, 1.54) is 33.9 Å². The van der Waals surface area contributed by atoms with Gasteiger partial charge in [0.1, 0.15) is 41.0 Å². The maximum absolute atomic E-state index is 13.0. The number of epoxide rings is 1. The van der Waals surface area contributed by atoms with Gasteiger partial charge in [-0.2, -0.15) is 0 Å². The van der Waals surface area contributed by atoms with E-state index in [-0.39, 0.29) is 36.3 Å². The quantitative estimate of drug-likeness (QED) is 0.276. The molecule has 11 heteroatoms.